The van der Waals surface area contributed by atoms with Gasteiger partial charge in [0.2, 0.25) is 18.6 Å². The number of benzene rings is 1. The number of nitrogens with zero attached hydrogens (tertiary/aromatic N) is 2. The fourth-order valence-corrected chi connectivity index (χ4v) is 2.48. The van der Waals surface area contributed by atoms with Gasteiger partial charge in [-0.2, -0.15) is 0 Å². The molecular formula is C15H19N3O4. The van der Waals surface area contributed by atoms with Crippen molar-refractivity contribution in [1.82, 2.24) is 9.80 Å². The number of ether oxygens (including phenoxy) is 2. The van der Waals surface area contributed by atoms with Crippen LogP contribution >= 0.6 is 0 Å². The molecule has 22 heavy (non-hydrogen) atoms. The van der Waals surface area contributed by atoms with Gasteiger partial charge in [-0.3, -0.25) is 9.59 Å². The van der Waals surface area contributed by atoms with Crippen molar-refractivity contribution in [2.24, 2.45) is 0 Å². The van der Waals surface area contributed by atoms with E-state index in [0.29, 0.717) is 30.3 Å². The minimum absolute atomic E-state index is 0.133. The Balaban J connectivity index is 1.53. The van der Waals surface area contributed by atoms with E-state index in [1.165, 1.54) is 0 Å². The third kappa shape index (κ3) is 3.30. The molecule has 0 atom stereocenters. The van der Waals surface area contributed by atoms with E-state index >= 15 is 0 Å². The average Bonchev–Trinajstić information content (AvgIpc) is 2.95. The molecule has 0 radical (unpaired) electrons. The molecule has 2 aliphatic heterocycles. The van der Waals surface area contributed by atoms with Gasteiger partial charge in [0.1, 0.15) is 6.42 Å². The quantitative estimate of drug-likeness (QED) is 0.824. The molecule has 2 aliphatic rings. The minimum atomic E-state index is -0.317. The molecule has 118 valence electrons. The van der Waals surface area contributed by atoms with Crippen molar-refractivity contribution in [3.63, 3.8) is 0 Å². The zero-order chi connectivity index (χ0) is 15.5. The third-order valence-corrected chi connectivity index (χ3v) is 3.82. The summed E-state index contributed by atoms with van der Waals surface area (Å²) in [6.45, 7) is 3.22. The zero-order valence-electron chi connectivity index (χ0n) is 12.5. The number of rotatable bonds is 3. The van der Waals surface area contributed by atoms with E-state index in [0.717, 1.165) is 13.1 Å². The van der Waals surface area contributed by atoms with Crippen molar-refractivity contribution in [1.29, 1.82) is 0 Å². The molecule has 0 saturated carbocycles. The molecule has 1 fully saturated rings. The Morgan fingerprint density at radius 2 is 1.86 bits per heavy atom. The number of hydrogen-bond donors (Lipinski definition) is 1. The first-order valence-corrected chi connectivity index (χ1v) is 7.27. The molecule has 1 saturated heterocycles. The SMILES string of the molecule is CN1CCN(C(=O)CC(=O)Nc2ccc3c(c2)OCO3)CC1. The fourth-order valence-electron chi connectivity index (χ4n) is 2.48. The van der Waals surface area contributed by atoms with Gasteiger partial charge in [-0.25, -0.2) is 0 Å². The van der Waals surface area contributed by atoms with Crippen LogP contribution in [0.1, 0.15) is 6.42 Å². The van der Waals surface area contributed by atoms with E-state index in [-0.39, 0.29) is 25.0 Å². The molecule has 1 aromatic carbocycles. The maximum Gasteiger partial charge on any atom is 0.233 e. The Kier molecular flexibility index (Phi) is 4.15. The minimum Gasteiger partial charge on any atom is -0.454 e. The van der Waals surface area contributed by atoms with E-state index in [1.54, 1.807) is 23.1 Å². The van der Waals surface area contributed by atoms with Gasteiger partial charge in [0.05, 0.1) is 0 Å². The van der Waals surface area contributed by atoms with Crippen LogP contribution in [0.15, 0.2) is 18.2 Å². The predicted octanol–water partition coefficient (Wildman–Crippen LogP) is 0.518. The van der Waals surface area contributed by atoms with E-state index in [9.17, 15) is 9.59 Å². The van der Waals surface area contributed by atoms with Crippen LogP contribution in [0.5, 0.6) is 11.5 Å². The van der Waals surface area contributed by atoms with Crippen LogP contribution in [-0.2, 0) is 9.59 Å². The van der Waals surface area contributed by atoms with Crippen LogP contribution in [0.25, 0.3) is 0 Å². The Morgan fingerprint density at radius 1 is 1.14 bits per heavy atom. The van der Waals surface area contributed by atoms with Crippen LogP contribution in [-0.4, -0.2) is 61.6 Å². The van der Waals surface area contributed by atoms with Crippen molar-refractivity contribution in [3.8, 4) is 11.5 Å². The van der Waals surface area contributed by atoms with Crippen molar-refractivity contribution in [3.05, 3.63) is 18.2 Å². The Bertz CT molecular complexity index is 582. The molecule has 3 rings (SSSR count). The van der Waals surface area contributed by atoms with Gasteiger partial charge in [0.25, 0.3) is 0 Å². The number of piperazine rings is 1. The van der Waals surface area contributed by atoms with E-state index in [2.05, 4.69) is 10.2 Å². The lowest BCUT2D eigenvalue weighted by Crippen LogP contribution is -2.47. The second-order valence-electron chi connectivity index (χ2n) is 5.48. The normalized spacial score (nSPS) is 17.4. The number of hydrogen-bond acceptors (Lipinski definition) is 5. The van der Waals surface area contributed by atoms with Crippen molar-refractivity contribution in [2.75, 3.05) is 45.3 Å². The smallest absolute Gasteiger partial charge is 0.233 e. The molecular weight excluding hydrogens is 286 g/mol. The molecule has 0 bridgehead atoms. The molecule has 2 heterocycles. The highest BCUT2D eigenvalue weighted by atomic mass is 16.7. The maximum atomic E-state index is 12.1. The highest BCUT2D eigenvalue weighted by Gasteiger charge is 2.21. The van der Waals surface area contributed by atoms with Crippen LogP contribution in [0, 0.1) is 0 Å². The summed E-state index contributed by atoms with van der Waals surface area (Å²) < 4.78 is 10.5. The molecule has 0 aliphatic carbocycles. The summed E-state index contributed by atoms with van der Waals surface area (Å²) in [5.74, 6) is 0.809. The first kappa shape index (κ1) is 14.6. The monoisotopic (exact) mass is 305 g/mol. The van der Waals surface area contributed by atoms with Gasteiger partial charge in [-0.1, -0.05) is 0 Å². The van der Waals surface area contributed by atoms with Crippen molar-refractivity contribution < 1.29 is 19.1 Å². The van der Waals surface area contributed by atoms with Crippen LogP contribution < -0.4 is 14.8 Å². The third-order valence-electron chi connectivity index (χ3n) is 3.82. The number of amides is 2. The van der Waals surface area contributed by atoms with Crippen molar-refractivity contribution >= 4 is 17.5 Å². The first-order chi connectivity index (χ1) is 10.6. The van der Waals surface area contributed by atoms with Crippen LogP contribution in [0.4, 0.5) is 5.69 Å². The van der Waals surface area contributed by atoms with Crippen molar-refractivity contribution in [2.45, 2.75) is 6.42 Å². The average molecular weight is 305 g/mol. The van der Waals surface area contributed by atoms with Crippen LogP contribution in [0.2, 0.25) is 0 Å². The van der Waals surface area contributed by atoms with E-state index in [1.807, 2.05) is 7.05 Å². The topological polar surface area (TPSA) is 71.1 Å². The van der Waals surface area contributed by atoms with Gasteiger partial charge in [-0.05, 0) is 19.2 Å². The molecule has 0 unspecified atom stereocenters. The molecule has 7 nitrogen and oxygen atoms in total. The molecule has 2 amide bonds. The highest BCUT2D eigenvalue weighted by molar-refractivity contribution is 6.03. The molecule has 1 aromatic rings. The van der Waals surface area contributed by atoms with Crippen LogP contribution in [0.3, 0.4) is 0 Å². The molecule has 0 aromatic heterocycles. The largest absolute Gasteiger partial charge is 0.454 e. The molecule has 7 heteroatoms. The maximum absolute atomic E-state index is 12.1. The summed E-state index contributed by atoms with van der Waals surface area (Å²) >= 11 is 0. The molecule has 1 N–H and O–H groups in total. The second-order valence-corrected chi connectivity index (χ2v) is 5.48. The summed E-state index contributed by atoms with van der Waals surface area (Å²) in [6.07, 6.45) is -0.141. The summed E-state index contributed by atoms with van der Waals surface area (Å²) in [5, 5.41) is 2.72. The molecule has 0 spiro atoms. The second kappa shape index (κ2) is 6.23. The standard InChI is InChI=1S/C15H19N3O4/c1-17-4-6-18(7-5-17)15(20)9-14(19)16-11-2-3-12-13(8-11)22-10-21-12/h2-3,8H,4-7,9-10H2,1H3,(H,16,19). The fraction of sp³-hybridized carbons (Fsp3) is 0.467. The Hall–Kier alpha value is -2.28. The van der Waals surface area contributed by atoms with Gasteiger partial charge in [-0.15, -0.1) is 0 Å². The highest BCUT2D eigenvalue weighted by Crippen LogP contribution is 2.34. The lowest BCUT2D eigenvalue weighted by atomic mass is 10.2. The number of anilines is 1. The Labute approximate surface area is 128 Å². The van der Waals surface area contributed by atoms with E-state index < -0.39 is 0 Å². The van der Waals surface area contributed by atoms with E-state index in [4.69, 9.17) is 9.47 Å². The zero-order valence-corrected chi connectivity index (χ0v) is 12.5. The summed E-state index contributed by atoms with van der Waals surface area (Å²) in [6, 6.07) is 5.16. The lowest BCUT2D eigenvalue weighted by Gasteiger charge is -2.32. The number of fused-ring (bicyclic) bond motifs is 1. The number of carbonyl (C=O) groups is 2. The number of likely N-dealkylation sites (N-methyl/N-ethyl adjacent to an activating group) is 1. The lowest BCUT2D eigenvalue weighted by molar-refractivity contribution is -0.135. The number of nitrogens with one attached hydrogen (secondary N) is 1. The summed E-state index contributed by atoms with van der Waals surface area (Å²) in [7, 11) is 2.02. The Morgan fingerprint density at radius 3 is 2.64 bits per heavy atom. The predicted molar refractivity (Wildman–Crippen MR) is 79.9 cm³/mol. The van der Waals surface area contributed by atoms with Gasteiger partial charge in [0, 0.05) is 37.9 Å². The summed E-state index contributed by atoms with van der Waals surface area (Å²) in [5.41, 5.74) is 0.598. The van der Waals surface area contributed by atoms with Gasteiger partial charge in [0.15, 0.2) is 11.5 Å². The number of carbonyl (C=O) groups excluding carboxylic acids is 2. The van der Waals surface area contributed by atoms with Gasteiger partial charge >= 0.3 is 0 Å². The first-order valence-electron chi connectivity index (χ1n) is 7.27. The van der Waals surface area contributed by atoms with Gasteiger partial charge < -0.3 is 24.6 Å². The summed E-state index contributed by atoms with van der Waals surface area (Å²) in [4.78, 5) is 28.0.